The van der Waals surface area contributed by atoms with E-state index in [-0.39, 0.29) is 0 Å². The van der Waals surface area contributed by atoms with E-state index in [1.165, 1.54) is 11.1 Å². The van der Waals surface area contributed by atoms with Gasteiger partial charge in [-0.2, -0.15) is 0 Å². The summed E-state index contributed by atoms with van der Waals surface area (Å²) in [4.78, 5) is 0. The van der Waals surface area contributed by atoms with Gasteiger partial charge in [0.05, 0.1) is 6.61 Å². The SMILES string of the molecule is C#CCCc1ccccc1CO[Si](C(C)C)(C(C)C)C(C)C. The van der Waals surface area contributed by atoms with Crippen molar-refractivity contribution in [1.29, 1.82) is 0 Å². The van der Waals surface area contributed by atoms with E-state index < -0.39 is 8.32 Å². The molecule has 122 valence electrons. The number of rotatable bonds is 8. The van der Waals surface area contributed by atoms with Gasteiger partial charge < -0.3 is 4.43 Å². The third-order valence-corrected chi connectivity index (χ3v) is 10.9. The van der Waals surface area contributed by atoms with Crippen LogP contribution in [0.5, 0.6) is 0 Å². The highest BCUT2D eigenvalue weighted by molar-refractivity contribution is 6.77. The number of hydrogen-bond donors (Lipinski definition) is 0. The Bertz CT molecular complexity index is 475. The minimum Gasteiger partial charge on any atom is -0.412 e. The highest BCUT2D eigenvalue weighted by Gasteiger charge is 2.44. The van der Waals surface area contributed by atoms with Crippen LogP contribution in [0.3, 0.4) is 0 Å². The van der Waals surface area contributed by atoms with Gasteiger partial charge in [-0.15, -0.1) is 12.3 Å². The molecule has 22 heavy (non-hydrogen) atoms. The summed E-state index contributed by atoms with van der Waals surface area (Å²) in [6.45, 7) is 14.7. The van der Waals surface area contributed by atoms with Crippen LogP contribution in [0.25, 0.3) is 0 Å². The minimum absolute atomic E-state index is 0.616. The summed E-state index contributed by atoms with van der Waals surface area (Å²) in [6.07, 6.45) is 7.14. The molecule has 0 aliphatic carbocycles. The Hall–Kier alpha value is -1.04. The maximum atomic E-state index is 6.71. The summed E-state index contributed by atoms with van der Waals surface area (Å²) < 4.78 is 6.71. The van der Waals surface area contributed by atoms with E-state index >= 15 is 0 Å². The second-order valence-electron chi connectivity index (χ2n) is 7.08. The molecule has 0 saturated heterocycles. The van der Waals surface area contributed by atoms with E-state index in [2.05, 4.69) is 71.7 Å². The van der Waals surface area contributed by atoms with Crippen LogP contribution >= 0.6 is 0 Å². The largest absolute Gasteiger partial charge is 0.412 e. The molecule has 0 heterocycles. The van der Waals surface area contributed by atoms with Crippen molar-refractivity contribution in [2.75, 3.05) is 0 Å². The zero-order valence-corrected chi connectivity index (χ0v) is 16.1. The molecule has 1 aromatic carbocycles. The van der Waals surface area contributed by atoms with Crippen molar-refractivity contribution in [3.8, 4) is 12.3 Å². The standard InChI is InChI=1S/C20H32OSi/c1-8-9-12-19-13-10-11-14-20(19)15-21-22(16(2)3,17(4)5)18(6)7/h1,10-11,13-14,16-18H,9,12,15H2,2-7H3. The number of terminal acetylenes is 1. The van der Waals surface area contributed by atoms with Gasteiger partial charge in [0, 0.05) is 6.42 Å². The van der Waals surface area contributed by atoms with E-state index in [1.807, 2.05) is 0 Å². The molecule has 2 heteroatoms. The number of aryl methyl sites for hydroxylation is 1. The molecule has 0 aliphatic rings. The molecular formula is C20H32OSi. The van der Waals surface area contributed by atoms with Gasteiger partial charge >= 0.3 is 0 Å². The lowest BCUT2D eigenvalue weighted by Crippen LogP contribution is -2.47. The molecule has 0 aliphatic heterocycles. The molecular weight excluding hydrogens is 284 g/mol. The number of hydrogen-bond acceptors (Lipinski definition) is 1. The summed E-state index contributed by atoms with van der Waals surface area (Å²) in [5, 5.41) is 0. The van der Waals surface area contributed by atoms with Gasteiger partial charge in [0.15, 0.2) is 0 Å². The first kappa shape index (κ1) is 19.0. The number of benzene rings is 1. The van der Waals surface area contributed by atoms with Crippen LogP contribution in [0.1, 0.15) is 59.1 Å². The third kappa shape index (κ3) is 4.24. The molecule has 0 atom stereocenters. The smallest absolute Gasteiger partial charge is 0.200 e. The van der Waals surface area contributed by atoms with Crippen molar-refractivity contribution < 1.29 is 4.43 Å². The molecule has 0 N–H and O–H groups in total. The maximum Gasteiger partial charge on any atom is 0.200 e. The highest BCUT2D eigenvalue weighted by atomic mass is 28.4. The summed E-state index contributed by atoms with van der Waals surface area (Å²) in [6, 6.07) is 8.56. The summed E-state index contributed by atoms with van der Waals surface area (Å²) >= 11 is 0. The van der Waals surface area contributed by atoms with E-state index in [1.54, 1.807) is 0 Å². The first-order chi connectivity index (χ1) is 10.4. The lowest BCUT2D eigenvalue weighted by molar-refractivity contribution is 0.265. The molecule has 1 rings (SSSR count). The minimum atomic E-state index is -1.80. The van der Waals surface area contributed by atoms with Crippen LogP contribution in [0.2, 0.25) is 16.6 Å². The quantitative estimate of drug-likeness (QED) is 0.425. The average molecular weight is 317 g/mol. The van der Waals surface area contributed by atoms with Crippen LogP contribution in [-0.4, -0.2) is 8.32 Å². The average Bonchev–Trinajstić information content (AvgIpc) is 2.45. The Morgan fingerprint density at radius 3 is 1.91 bits per heavy atom. The normalized spacial score (nSPS) is 12.2. The fourth-order valence-electron chi connectivity index (χ4n) is 3.85. The first-order valence-corrected chi connectivity index (χ1v) is 10.6. The molecule has 0 amide bonds. The highest BCUT2D eigenvalue weighted by Crippen LogP contribution is 2.42. The predicted molar refractivity (Wildman–Crippen MR) is 99.4 cm³/mol. The van der Waals surface area contributed by atoms with Crippen molar-refractivity contribution >= 4 is 8.32 Å². The van der Waals surface area contributed by atoms with Gasteiger partial charge in [0.2, 0.25) is 8.32 Å². The van der Waals surface area contributed by atoms with Crippen LogP contribution in [0, 0.1) is 12.3 Å². The molecule has 0 spiro atoms. The lowest BCUT2D eigenvalue weighted by atomic mass is 10.0. The maximum absolute atomic E-state index is 6.71. The van der Waals surface area contributed by atoms with Crippen molar-refractivity contribution in [3.05, 3.63) is 35.4 Å². The lowest BCUT2D eigenvalue weighted by Gasteiger charge is -2.42. The second-order valence-corrected chi connectivity index (χ2v) is 12.5. The molecule has 0 bridgehead atoms. The molecule has 0 fully saturated rings. The zero-order valence-electron chi connectivity index (χ0n) is 15.1. The zero-order chi connectivity index (χ0) is 16.8. The van der Waals surface area contributed by atoms with Crippen molar-refractivity contribution in [3.63, 3.8) is 0 Å². The fraction of sp³-hybridized carbons (Fsp3) is 0.600. The Morgan fingerprint density at radius 1 is 0.955 bits per heavy atom. The molecule has 0 unspecified atom stereocenters. The predicted octanol–water partition coefficient (Wildman–Crippen LogP) is 5.94. The van der Waals surface area contributed by atoms with E-state index in [4.69, 9.17) is 10.8 Å². The Morgan fingerprint density at radius 2 is 1.45 bits per heavy atom. The van der Waals surface area contributed by atoms with Gasteiger partial charge in [-0.3, -0.25) is 0 Å². The molecule has 1 nitrogen and oxygen atoms in total. The van der Waals surface area contributed by atoms with E-state index in [9.17, 15) is 0 Å². The molecule has 0 radical (unpaired) electrons. The Balaban J connectivity index is 2.97. The fourth-order valence-corrected chi connectivity index (χ4v) is 9.26. The van der Waals surface area contributed by atoms with Crippen LogP contribution in [0.4, 0.5) is 0 Å². The van der Waals surface area contributed by atoms with Crippen molar-refractivity contribution in [2.24, 2.45) is 0 Å². The third-order valence-electron chi connectivity index (χ3n) is 4.84. The molecule has 0 aromatic heterocycles. The summed E-state index contributed by atoms with van der Waals surface area (Å²) in [5.74, 6) is 2.74. The van der Waals surface area contributed by atoms with Crippen molar-refractivity contribution in [2.45, 2.75) is 77.6 Å². The van der Waals surface area contributed by atoms with Crippen LogP contribution in [0.15, 0.2) is 24.3 Å². The monoisotopic (exact) mass is 316 g/mol. The second kappa shape index (κ2) is 8.55. The van der Waals surface area contributed by atoms with Gasteiger partial charge in [-0.25, -0.2) is 0 Å². The van der Waals surface area contributed by atoms with E-state index in [0.717, 1.165) is 19.4 Å². The van der Waals surface area contributed by atoms with Crippen molar-refractivity contribution in [1.82, 2.24) is 0 Å². The first-order valence-electron chi connectivity index (χ1n) is 8.50. The summed E-state index contributed by atoms with van der Waals surface area (Å²) in [5.41, 5.74) is 4.48. The van der Waals surface area contributed by atoms with Gasteiger partial charge in [0.25, 0.3) is 0 Å². The van der Waals surface area contributed by atoms with Crippen LogP contribution in [-0.2, 0) is 17.5 Å². The van der Waals surface area contributed by atoms with E-state index in [0.29, 0.717) is 16.6 Å². The molecule has 0 saturated carbocycles. The van der Waals surface area contributed by atoms with Gasteiger partial charge in [-0.1, -0.05) is 65.8 Å². The summed E-state index contributed by atoms with van der Waals surface area (Å²) in [7, 11) is -1.80. The van der Waals surface area contributed by atoms with Gasteiger partial charge in [0.1, 0.15) is 0 Å². The molecule has 1 aromatic rings. The van der Waals surface area contributed by atoms with Gasteiger partial charge in [-0.05, 0) is 34.2 Å². The Kier molecular flexibility index (Phi) is 7.39. The van der Waals surface area contributed by atoms with Crippen LogP contribution < -0.4 is 0 Å². The Labute approximate surface area is 138 Å². The topological polar surface area (TPSA) is 9.23 Å².